The van der Waals surface area contributed by atoms with Gasteiger partial charge in [0, 0.05) is 18.8 Å². The van der Waals surface area contributed by atoms with Crippen LogP contribution < -0.4 is 10.6 Å². The maximum absolute atomic E-state index is 12.6. The van der Waals surface area contributed by atoms with Crippen LogP contribution in [-0.2, 0) is 6.54 Å². The highest BCUT2D eigenvalue weighted by Crippen LogP contribution is 2.26. The van der Waals surface area contributed by atoms with Crippen LogP contribution >= 0.6 is 0 Å². The molecule has 1 heterocycles. The molecule has 5 nitrogen and oxygen atoms in total. The van der Waals surface area contributed by atoms with Crippen molar-refractivity contribution in [2.24, 2.45) is 0 Å². The molecular weight excluding hydrogens is 314 g/mol. The highest BCUT2D eigenvalue weighted by molar-refractivity contribution is 6.21. The number of fused-ring (bicyclic) bond motifs is 1. The zero-order valence-corrected chi connectivity index (χ0v) is 14.4. The number of amides is 2. The molecule has 1 aliphatic rings. The van der Waals surface area contributed by atoms with E-state index in [0.29, 0.717) is 24.2 Å². The zero-order chi connectivity index (χ0) is 17.6. The minimum atomic E-state index is -0.187. The first-order valence-electron chi connectivity index (χ1n) is 8.63. The Hall–Kier alpha value is -2.66. The van der Waals surface area contributed by atoms with Crippen molar-refractivity contribution in [3.63, 3.8) is 0 Å². The molecule has 2 amide bonds. The van der Waals surface area contributed by atoms with Gasteiger partial charge >= 0.3 is 0 Å². The Morgan fingerprint density at radius 1 is 0.920 bits per heavy atom. The molecule has 130 valence electrons. The van der Waals surface area contributed by atoms with Crippen LogP contribution in [0.2, 0.25) is 0 Å². The minimum Gasteiger partial charge on any atom is -0.381 e. The summed E-state index contributed by atoms with van der Waals surface area (Å²) in [4.78, 5) is 26.4. The molecule has 0 spiro atoms. The number of unbranched alkanes of at least 4 members (excludes halogenated alkanes) is 1. The van der Waals surface area contributed by atoms with E-state index in [1.54, 1.807) is 12.1 Å². The summed E-state index contributed by atoms with van der Waals surface area (Å²) in [6, 6.07) is 15.4. The molecule has 0 aromatic heterocycles. The predicted molar refractivity (Wildman–Crippen MR) is 98.7 cm³/mol. The van der Waals surface area contributed by atoms with Gasteiger partial charge in [-0.2, -0.15) is 0 Å². The first kappa shape index (κ1) is 17.2. The zero-order valence-electron chi connectivity index (χ0n) is 14.4. The summed E-state index contributed by atoms with van der Waals surface area (Å²) in [6.45, 7) is 2.03. The second-order valence-electron chi connectivity index (χ2n) is 6.17. The number of anilines is 1. The summed E-state index contributed by atoms with van der Waals surface area (Å²) in [6.07, 6.45) is 1.75. The van der Waals surface area contributed by atoms with Gasteiger partial charge in [0.15, 0.2) is 0 Å². The maximum atomic E-state index is 12.6. The SMILES string of the molecule is CNCCCCN1C(=O)c2ccc(NCc3ccccc3)cc2C1=O. The molecule has 0 bridgehead atoms. The van der Waals surface area contributed by atoms with Gasteiger partial charge in [0.2, 0.25) is 0 Å². The van der Waals surface area contributed by atoms with Crippen molar-refractivity contribution in [1.29, 1.82) is 0 Å². The Labute approximate surface area is 148 Å². The summed E-state index contributed by atoms with van der Waals surface area (Å²) in [7, 11) is 1.89. The molecule has 0 radical (unpaired) electrons. The molecule has 25 heavy (non-hydrogen) atoms. The van der Waals surface area contributed by atoms with Gasteiger partial charge in [-0.15, -0.1) is 0 Å². The summed E-state index contributed by atoms with van der Waals surface area (Å²) in [5.74, 6) is -0.369. The molecule has 0 saturated heterocycles. The maximum Gasteiger partial charge on any atom is 0.261 e. The average Bonchev–Trinajstić information content (AvgIpc) is 2.88. The Balaban J connectivity index is 1.66. The molecule has 3 rings (SSSR count). The lowest BCUT2D eigenvalue weighted by atomic mass is 10.1. The van der Waals surface area contributed by atoms with Crippen molar-refractivity contribution < 1.29 is 9.59 Å². The van der Waals surface area contributed by atoms with E-state index in [4.69, 9.17) is 0 Å². The van der Waals surface area contributed by atoms with E-state index < -0.39 is 0 Å². The van der Waals surface area contributed by atoms with Gasteiger partial charge < -0.3 is 10.6 Å². The van der Waals surface area contributed by atoms with Gasteiger partial charge in [-0.3, -0.25) is 14.5 Å². The van der Waals surface area contributed by atoms with Crippen molar-refractivity contribution in [3.8, 4) is 0 Å². The molecular formula is C20H23N3O2. The Morgan fingerprint density at radius 3 is 2.44 bits per heavy atom. The molecule has 0 fully saturated rings. The van der Waals surface area contributed by atoms with Crippen LogP contribution in [0.5, 0.6) is 0 Å². The molecule has 0 unspecified atom stereocenters. The topological polar surface area (TPSA) is 61.4 Å². The second kappa shape index (κ2) is 7.94. The van der Waals surface area contributed by atoms with E-state index >= 15 is 0 Å². The number of carbonyl (C=O) groups is 2. The fourth-order valence-electron chi connectivity index (χ4n) is 2.98. The molecule has 1 aliphatic heterocycles. The standard InChI is InChI=1S/C20H23N3O2/c1-21-11-5-6-12-23-19(24)17-10-9-16(13-18(17)20(23)25)22-14-15-7-3-2-4-8-15/h2-4,7-10,13,21-22H,5-6,11-12,14H2,1H3. The van der Waals surface area contributed by atoms with Gasteiger partial charge in [-0.25, -0.2) is 0 Å². The Kier molecular flexibility index (Phi) is 5.46. The fraction of sp³-hybridized carbons (Fsp3) is 0.300. The van der Waals surface area contributed by atoms with E-state index in [9.17, 15) is 9.59 Å². The third kappa shape index (κ3) is 3.88. The van der Waals surface area contributed by atoms with Gasteiger partial charge in [0.25, 0.3) is 11.8 Å². The van der Waals surface area contributed by atoms with E-state index in [0.717, 1.165) is 30.6 Å². The number of carbonyl (C=O) groups excluding carboxylic acids is 2. The molecule has 2 aromatic carbocycles. The summed E-state index contributed by atoms with van der Waals surface area (Å²) in [5.41, 5.74) is 3.01. The van der Waals surface area contributed by atoms with Crippen molar-refractivity contribution >= 4 is 17.5 Å². The number of hydrogen-bond acceptors (Lipinski definition) is 4. The Morgan fingerprint density at radius 2 is 1.68 bits per heavy atom. The van der Waals surface area contributed by atoms with Gasteiger partial charge in [0.05, 0.1) is 11.1 Å². The molecule has 0 aliphatic carbocycles. The van der Waals surface area contributed by atoms with Crippen LogP contribution in [0.1, 0.15) is 39.1 Å². The van der Waals surface area contributed by atoms with Crippen LogP contribution in [0.15, 0.2) is 48.5 Å². The van der Waals surface area contributed by atoms with Crippen molar-refractivity contribution in [3.05, 3.63) is 65.2 Å². The molecule has 0 saturated carbocycles. The lowest BCUT2D eigenvalue weighted by molar-refractivity contribution is 0.0652. The van der Waals surface area contributed by atoms with Crippen molar-refractivity contribution in [1.82, 2.24) is 10.2 Å². The lowest BCUT2D eigenvalue weighted by Crippen LogP contribution is -2.31. The van der Waals surface area contributed by atoms with E-state index in [-0.39, 0.29) is 11.8 Å². The fourth-order valence-corrected chi connectivity index (χ4v) is 2.98. The van der Waals surface area contributed by atoms with Crippen LogP contribution in [0, 0.1) is 0 Å². The quantitative estimate of drug-likeness (QED) is 0.574. The first-order chi connectivity index (χ1) is 12.2. The van der Waals surface area contributed by atoms with Crippen LogP contribution in [0.3, 0.4) is 0 Å². The van der Waals surface area contributed by atoms with E-state index in [2.05, 4.69) is 10.6 Å². The summed E-state index contributed by atoms with van der Waals surface area (Å²) in [5, 5.41) is 6.38. The van der Waals surface area contributed by atoms with E-state index in [1.807, 2.05) is 43.4 Å². The summed E-state index contributed by atoms with van der Waals surface area (Å²) < 4.78 is 0. The smallest absolute Gasteiger partial charge is 0.261 e. The monoisotopic (exact) mass is 337 g/mol. The second-order valence-corrected chi connectivity index (χ2v) is 6.17. The molecule has 2 aromatic rings. The van der Waals surface area contributed by atoms with E-state index in [1.165, 1.54) is 4.90 Å². The molecule has 0 atom stereocenters. The lowest BCUT2D eigenvalue weighted by Gasteiger charge is -2.13. The average molecular weight is 337 g/mol. The minimum absolute atomic E-state index is 0.181. The number of benzene rings is 2. The number of nitrogens with zero attached hydrogens (tertiary/aromatic N) is 1. The Bertz CT molecular complexity index is 759. The first-order valence-corrected chi connectivity index (χ1v) is 8.63. The highest BCUT2D eigenvalue weighted by atomic mass is 16.2. The number of nitrogens with one attached hydrogen (secondary N) is 2. The van der Waals surface area contributed by atoms with Crippen LogP contribution in [0.4, 0.5) is 5.69 Å². The third-order valence-electron chi connectivity index (χ3n) is 4.37. The third-order valence-corrected chi connectivity index (χ3v) is 4.37. The highest BCUT2D eigenvalue weighted by Gasteiger charge is 2.35. The largest absolute Gasteiger partial charge is 0.381 e. The van der Waals surface area contributed by atoms with Crippen molar-refractivity contribution in [2.75, 3.05) is 25.5 Å². The van der Waals surface area contributed by atoms with Crippen molar-refractivity contribution in [2.45, 2.75) is 19.4 Å². The van der Waals surface area contributed by atoms with Crippen LogP contribution in [0.25, 0.3) is 0 Å². The number of imide groups is 1. The molecule has 5 heteroatoms. The van der Waals surface area contributed by atoms with Gasteiger partial charge in [-0.05, 0) is 50.2 Å². The van der Waals surface area contributed by atoms with Gasteiger partial charge in [0.1, 0.15) is 0 Å². The van der Waals surface area contributed by atoms with Gasteiger partial charge in [-0.1, -0.05) is 30.3 Å². The molecule has 2 N–H and O–H groups in total. The normalized spacial score (nSPS) is 13.2. The number of hydrogen-bond donors (Lipinski definition) is 2. The van der Waals surface area contributed by atoms with Crippen LogP contribution in [-0.4, -0.2) is 36.9 Å². The number of rotatable bonds is 8. The predicted octanol–water partition coefficient (Wildman–Crippen LogP) is 2.89. The summed E-state index contributed by atoms with van der Waals surface area (Å²) >= 11 is 0.